The van der Waals surface area contributed by atoms with Gasteiger partial charge in [0.25, 0.3) is 0 Å². The molecule has 0 radical (unpaired) electrons. The maximum Gasteiger partial charge on any atom is 0.128 e. The molecule has 1 saturated heterocycles. The van der Waals surface area contributed by atoms with Crippen molar-refractivity contribution in [3.63, 3.8) is 0 Å². The first-order valence-electron chi connectivity index (χ1n) is 6.94. The van der Waals surface area contributed by atoms with E-state index in [4.69, 9.17) is 18.0 Å². The molecule has 1 atom stereocenters. The van der Waals surface area contributed by atoms with Crippen LogP contribution in [0.4, 0.5) is 4.39 Å². The average Bonchev–Trinajstić information content (AvgIpc) is 2.77. The van der Waals surface area contributed by atoms with Gasteiger partial charge in [-0.3, -0.25) is 0 Å². The number of rotatable bonds is 5. The summed E-state index contributed by atoms with van der Waals surface area (Å²) in [4.78, 5) is 4.78. The van der Waals surface area contributed by atoms with Crippen molar-refractivity contribution in [1.29, 1.82) is 0 Å². The monoisotopic (exact) mass is 295 g/mol. The Labute approximate surface area is 125 Å². The number of nitrogens with two attached hydrogens (primary N) is 1. The highest BCUT2D eigenvalue weighted by Gasteiger charge is 2.22. The molecule has 0 aliphatic carbocycles. The summed E-state index contributed by atoms with van der Waals surface area (Å²) in [7, 11) is 4.19. The van der Waals surface area contributed by atoms with E-state index in [9.17, 15) is 4.39 Å². The molecule has 0 aromatic heterocycles. The molecular formula is C15H22FN3S. The molecule has 2 N–H and O–H groups in total. The van der Waals surface area contributed by atoms with E-state index in [-0.39, 0.29) is 10.8 Å². The van der Waals surface area contributed by atoms with Gasteiger partial charge in [-0.25, -0.2) is 4.39 Å². The van der Waals surface area contributed by atoms with E-state index >= 15 is 0 Å². The highest BCUT2D eigenvalue weighted by atomic mass is 32.1. The van der Waals surface area contributed by atoms with E-state index in [0.29, 0.717) is 23.7 Å². The molecular weight excluding hydrogens is 273 g/mol. The van der Waals surface area contributed by atoms with Gasteiger partial charge in [0.05, 0.1) is 0 Å². The second-order valence-electron chi connectivity index (χ2n) is 5.64. The van der Waals surface area contributed by atoms with E-state index in [1.165, 1.54) is 18.9 Å². The highest BCUT2D eigenvalue weighted by molar-refractivity contribution is 7.80. The molecule has 0 amide bonds. The summed E-state index contributed by atoms with van der Waals surface area (Å²) in [6.07, 6.45) is 2.48. The zero-order valence-electron chi connectivity index (χ0n) is 12.1. The van der Waals surface area contributed by atoms with Crippen LogP contribution in [-0.4, -0.2) is 48.0 Å². The Bertz CT molecular complexity index is 492. The van der Waals surface area contributed by atoms with Gasteiger partial charge in [-0.1, -0.05) is 24.4 Å². The Balaban J connectivity index is 1.97. The minimum absolute atomic E-state index is 0.233. The van der Waals surface area contributed by atoms with Crippen molar-refractivity contribution < 1.29 is 4.39 Å². The fourth-order valence-electron chi connectivity index (χ4n) is 2.75. The molecule has 1 aliphatic heterocycles. The van der Waals surface area contributed by atoms with Gasteiger partial charge in [0.2, 0.25) is 0 Å². The Morgan fingerprint density at radius 2 is 2.30 bits per heavy atom. The van der Waals surface area contributed by atoms with Crippen LogP contribution in [0.1, 0.15) is 24.0 Å². The van der Waals surface area contributed by atoms with Crippen LogP contribution in [-0.2, 0) is 6.54 Å². The number of thiocarbonyl (C=S) groups is 1. The minimum Gasteiger partial charge on any atom is -0.389 e. The van der Waals surface area contributed by atoms with Crippen LogP contribution >= 0.6 is 12.2 Å². The number of hydrogen-bond acceptors (Lipinski definition) is 3. The Morgan fingerprint density at radius 3 is 2.85 bits per heavy atom. The van der Waals surface area contributed by atoms with Crippen LogP contribution in [0, 0.1) is 5.82 Å². The van der Waals surface area contributed by atoms with Crippen LogP contribution in [0.15, 0.2) is 18.2 Å². The van der Waals surface area contributed by atoms with Gasteiger partial charge >= 0.3 is 0 Å². The first-order chi connectivity index (χ1) is 9.47. The average molecular weight is 295 g/mol. The van der Waals surface area contributed by atoms with Crippen LogP contribution in [0.25, 0.3) is 0 Å². The van der Waals surface area contributed by atoms with Crippen molar-refractivity contribution >= 4 is 17.2 Å². The van der Waals surface area contributed by atoms with Crippen LogP contribution in [0.5, 0.6) is 0 Å². The Kier molecular flexibility index (Phi) is 5.07. The number of likely N-dealkylation sites (tertiary alicyclic amines) is 1. The lowest BCUT2D eigenvalue weighted by Crippen LogP contribution is -2.36. The van der Waals surface area contributed by atoms with E-state index in [0.717, 1.165) is 13.1 Å². The summed E-state index contributed by atoms with van der Waals surface area (Å²) in [6.45, 7) is 2.73. The summed E-state index contributed by atoms with van der Waals surface area (Å²) in [5.41, 5.74) is 6.78. The lowest BCUT2D eigenvalue weighted by atomic mass is 10.1. The molecule has 1 aliphatic rings. The molecule has 110 valence electrons. The molecule has 0 bridgehead atoms. The molecule has 0 spiro atoms. The van der Waals surface area contributed by atoms with E-state index < -0.39 is 0 Å². The second-order valence-corrected chi connectivity index (χ2v) is 6.08. The van der Waals surface area contributed by atoms with Gasteiger partial charge in [-0.15, -0.1) is 0 Å². The lowest BCUT2D eigenvalue weighted by Gasteiger charge is -2.26. The number of halogens is 1. The van der Waals surface area contributed by atoms with E-state index in [2.05, 4.69) is 16.8 Å². The Morgan fingerprint density at radius 1 is 1.55 bits per heavy atom. The predicted octanol–water partition coefficient (Wildman–Crippen LogP) is 1.99. The zero-order chi connectivity index (χ0) is 14.7. The van der Waals surface area contributed by atoms with Crippen molar-refractivity contribution in [2.45, 2.75) is 25.4 Å². The van der Waals surface area contributed by atoms with E-state index in [1.54, 1.807) is 12.1 Å². The molecule has 1 unspecified atom stereocenters. The molecule has 5 heteroatoms. The molecule has 1 fully saturated rings. The summed E-state index contributed by atoms with van der Waals surface area (Å²) in [5.74, 6) is -0.234. The standard InChI is InChI=1S/C15H22FN3S/c1-18(10-13-4-3-7-19(13)2)9-12-6-5-11(15(17)20)8-14(12)16/h5-6,8,13H,3-4,7,9-10H2,1-2H3,(H2,17,20). The lowest BCUT2D eigenvalue weighted by molar-refractivity contribution is 0.214. The predicted molar refractivity (Wildman–Crippen MR) is 84.3 cm³/mol. The number of likely N-dealkylation sites (N-methyl/N-ethyl adjacent to an activating group) is 2. The summed E-state index contributed by atoms with van der Waals surface area (Å²) < 4.78 is 14.0. The van der Waals surface area contributed by atoms with Crippen molar-refractivity contribution in [2.24, 2.45) is 5.73 Å². The molecule has 1 aromatic rings. The largest absolute Gasteiger partial charge is 0.389 e. The smallest absolute Gasteiger partial charge is 0.128 e. The first kappa shape index (κ1) is 15.4. The quantitative estimate of drug-likeness (QED) is 0.842. The van der Waals surface area contributed by atoms with Gasteiger partial charge in [0, 0.05) is 30.3 Å². The topological polar surface area (TPSA) is 32.5 Å². The van der Waals surface area contributed by atoms with Gasteiger partial charge in [-0.2, -0.15) is 0 Å². The Hall–Kier alpha value is -1.04. The number of hydrogen-bond donors (Lipinski definition) is 1. The van der Waals surface area contributed by atoms with Crippen molar-refractivity contribution in [1.82, 2.24) is 9.80 Å². The SMILES string of the molecule is CN(Cc1ccc(C(N)=S)cc1F)CC1CCCN1C. The van der Waals surface area contributed by atoms with Crippen LogP contribution in [0.3, 0.4) is 0 Å². The molecule has 3 nitrogen and oxygen atoms in total. The van der Waals surface area contributed by atoms with Crippen molar-refractivity contribution in [3.8, 4) is 0 Å². The minimum atomic E-state index is -0.234. The summed E-state index contributed by atoms with van der Waals surface area (Å²) in [5, 5.41) is 0. The van der Waals surface area contributed by atoms with Gasteiger partial charge in [0.1, 0.15) is 10.8 Å². The van der Waals surface area contributed by atoms with Gasteiger partial charge in [0.15, 0.2) is 0 Å². The first-order valence-corrected chi connectivity index (χ1v) is 7.35. The fraction of sp³-hybridized carbons (Fsp3) is 0.533. The normalized spacial score (nSPS) is 19.7. The fourth-order valence-corrected chi connectivity index (χ4v) is 2.88. The molecule has 0 saturated carbocycles. The maximum absolute atomic E-state index is 14.0. The third-order valence-corrected chi connectivity index (χ3v) is 4.21. The van der Waals surface area contributed by atoms with Crippen LogP contribution < -0.4 is 5.73 Å². The maximum atomic E-state index is 14.0. The molecule has 1 heterocycles. The van der Waals surface area contributed by atoms with Crippen molar-refractivity contribution in [2.75, 3.05) is 27.2 Å². The van der Waals surface area contributed by atoms with Gasteiger partial charge < -0.3 is 15.5 Å². The molecule has 1 aromatic carbocycles. The van der Waals surface area contributed by atoms with Crippen LogP contribution in [0.2, 0.25) is 0 Å². The van der Waals surface area contributed by atoms with Gasteiger partial charge in [-0.05, 0) is 39.5 Å². The second kappa shape index (κ2) is 6.61. The summed E-state index contributed by atoms with van der Waals surface area (Å²) in [6, 6.07) is 5.57. The van der Waals surface area contributed by atoms with Crippen molar-refractivity contribution in [3.05, 3.63) is 35.1 Å². The number of benzene rings is 1. The third kappa shape index (κ3) is 3.75. The highest BCUT2D eigenvalue weighted by Crippen LogP contribution is 2.17. The summed E-state index contributed by atoms with van der Waals surface area (Å²) >= 11 is 4.86. The number of nitrogens with zero attached hydrogens (tertiary/aromatic N) is 2. The molecule has 20 heavy (non-hydrogen) atoms. The van der Waals surface area contributed by atoms with E-state index in [1.807, 2.05) is 7.05 Å². The zero-order valence-corrected chi connectivity index (χ0v) is 12.9. The third-order valence-electron chi connectivity index (χ3n) is 3.97. The molecule has 2 rings (SSSR count).